The van der Waals surface area contributed by atoms with E-state index >= 15 is 0 Å². The Morgan fingerprint density at radius 3 is 2.78 bits per heavy atom. The number of hydrogen-bond acceptors (Lipinski definition) is 2. The second-order valence-corrected chi connectivity index (χ2v) is 4.60. The molecule has 3 nitrogen and oxygen atoms in total. The van der Waals surface area contributed by atoms with Crippen molar-refractivity contribution in [1.82, 2.24) is 10.2 Å². The summed E-state index contributed by atoms with van der Waals surface area (Å²) < 4.78 is 0. The van der Waals surface area contributed by atoms with Crippen molar-refractivity contribution < 1.29 is 4.79 Å². The van der Waals surface area contributed by atoms with Crippen LogP contribution in [0.5, 0.6) is 0 Å². The molecule has 1 aromatic rings. The summed E-state index contributed by atoms with van der Waals surface area (Å²) in [6.07, 6.45) is 1.53. The lowest BCUT2D eigenvalue weighted by molar-refractivity contribution is -0.131. The first-order chi connectivity index (χ1) is 8.67. The average molecular weight is 248 g/mol. The van der Waals surface area contributed by atoms with Gasteiger partial charge in [-0.2, -0.15) is 0 Å². The van der Waals surface area contributed by atoms with Crippen LogP contribution in [-0.4, -0.2) is 30.9 Å². The van der Waals surface area contributed by atoms with E-state index in [1.165, 1.54) is 11.1 Å². The van der Waals surface area contributed by atoms with E-state index in [1.807, 2.05) is 24.9 Å². The van der Waals surface area contributed by atoms with Crippen molar-refractivity contribution in [2.24, 2.45) is 0 Å². The summed E-state index contributed by atoms with van der Waals surface area (Å²) in [6, 6.07) is 8.35. The third-order valence-electron chi connectivity index (χ3n) is 3.01. The maximum absolute atomic E-state index is 12.0. The summed E-state index contributed by atoms with van der Waals surface area (Å²) in [6.45, 7) is 6.50. The zero-order chi connectivity index (χ0) is 13.4. The molecule has 0 aliphatic carbocycles. The van der Waals surface area contributed by atoms with E-state index in [0.29, 0.717) is 6.42 Å². The summed E-state index contributed by atoms with van der Waals surface area (Å²) in [4.78, 5) is 14.0. The number of aryl methyl sites for hydroxylation is 1. The van der Waals surface area contributed by atoms with Crippen LogP contribution >= 0.6 is 0 Å². The van der Waals surface area contributed by atoms with Gasteiger partial charge in [-0.05, 0) is 39.4 Å². The number of carbonyl (C=O) groups is 1. The van der Waals surface area contributed by atoms with Crippen molar-refractivity contribution in [2.45, 2.75) is 33.2 Å². The molecule has 0 aliphatic rings. The molecule has 0 heterocycles. The van der Waals surface area contributed by atoms with Gasteiger partial charge >= 0.3 is 0 Å². The third-order valence-corrected chi connectivity index (χ3v) is 3.01. The number of amides is 1. The number of carbonyl (C=O) groups excluding carboxylic acids is 1. The van der Waals surface area contributed by atoms with Gasteiger partial charge < -0.3 is 10.2 Å². The average Bonchev–Trinajstić information content (AvgIpc) is 2.36. The number of nitrogens with zero attached hydrogens (tertiary/aromatic N) is 1. The minimum atomic E-state index is 0.245. The van der Waals surface area contributed by atoms with Gasteiger partial charge in [-0.25, -0.2) is 0 Å². The Kier molecular flexibility index (Phi) is 6.44. The monoisotopic (exact) mass is 248 g/mol. The molecule has 18 heavy (non-hydrogen) atoms. The van der Waals surface area contributed by atoms with Crippen LogP contribution in [0, 0.1) is 6.92 Å². The van der Waals surface area contributed by atoms with E-state index in [0.717, 1.165) is 26.1 Å². The molecule has 0 saturated heterocycles. The zero-order valence-corrected chi connectivity index (χ0v) is 11.7. The van der Waals surface area contributed by atoms with E-state index in [9.17, 15) is 4.79 Å². The lowest BCUT2D eigenvalue weighted by Crippen LogP contribution is -2.30. The van der Waals surface area contributed by atoms with Gasteiger partial charge in [0.15, 0.2) is 0 Å². The molecule has 0 saturated carbocycles. The number of rotatable bonds is 7. The normalized spacial score (nSPS) is 10.4. The topological polar surface area (TPSA) is 32.3 Å². The lowest BCUT2D eigenvalue weighted by atomic mass is 10.1. The third kappa shape index (κ3) is 4.88. The van der Waals surface area contributed by atoms with Gasteiger partial charge in [-0.15, -0.1) is 0 Å². The fourth-order valence-corrected chi connectivity index (χ4v) is 1.98. The smallest absolute Gasteiger partial charge is 0.222 e. The van der Waals surface area contributed by atoms with Crippen LogP contribution in [0.1, 0.15) is 30.9 Å². The summed E-state index contributed by atoms with van der Waals surface area (Å²) in [7, 11) is 1.91. The largest absolute Gasteiger partial charge is 0.339 e. The molecule has 0 unspecified atom stereocenters. The van der Waals surface area contributed by atoms with E-state index < -0.39 is 0 Å². The fourth-order valence-electron chi connectivity index (χ4n) is 1.98. The van der Waals surface area contributed by atoms with Crippen molar-refractivity contribution in [1.29, 1.82) is 0 Å². The van der Waals surface area contributed by atoms with Crippen molar-refractivity contribution in [3.8, 4) is 0 Å². The molecule has 0 spiro atoms. The van der Waals surface area contributed by atoms with Gasteiger partial charge in [0, 0.05) is 19.5 Å². The van der Waals surface area contributed by atoms with E-state index in [-0.39, 0.29) is 5.91 Å². The Hall–Kier alpha value is -1.35. The molecular formula is C15H24N2O. The first-order valence-corrected chi connectivity index (χ1v) is 6.65. The van der Waals surface area contributed by atoms with Crippen LogP contribution in [0.4, 0.5) is 0 Å². The molecule has 0 bridgehead atoms. The van der Waals surface area contributed by atoms with Crippen molar-refractivity contribution in [2.75, 3.05) is 20.1 Å². The molecule has 0 radical (unpaired) electrons. The maximum atomic E-state index is 12.0. The highest BCUT2D eigenvalue weighted by atomic mass is 16.2. The molecule has 0 fully saturated rings. The Morgan fingerprint density at radius 1 is 1.39 bits per heavy atom. The predicted molar refractivity (Wildman–Crippen MR) is 75.4 cm³/mol. The summed E-state index contributed by atoms with van der Waals surface area (Å²) >= 11 is 0. The maximum Gasteiger partial charge on any atom is 0.222 e. The van der Waals surface area contributed by atoms with Gasteiger partial charge in [0.1, 0.15) is 0 Å². The molecule has 1 aromatic carbocycles. The Labute approximate surface area is 110 Å². The first kappa shape index (κ1) is 14.7. The van der Waals surface area contributed by atoms with E-state index in [2.05, 4.69) is 30.4 Å². The molecule has 100 valence electrons. The first-order valence-electron chi connectivity index (χ1n) is 6.65. The van der Waals surface area contributed by atoms with Gasteiger partial charge in [0.25, 0.3) is 0 Å². The zero-order valence-electron chi connectivity index (χ0n) is 11.7. The predicted octanol–water partition coefficient (Wildman–Crippen LogP) is 2.34. The van der Waals surface area contributed by atoms with E-state index in [4.69, 9.17) is 0 Å². The molecular weight excluding hydrogens is 224 g/mol. The van der Waals surface area contributed by atoms with Crippen molar-refractivity contribution in [3.05, 3.63) is 35.4 Å². The summed E-state index contributed by atoms with van der Waals surface area (Å²) in [5.74, 6) is 0.245. The Bertz CT molecular complexity index is 377. The van der Waals surface area contributed by atoms with Crippen LogP contribution in [0.15, 0.2) is 24.3 Å². The molecule has 0 aromatic heterocycles. The van der Waals surface area contributed by atoms with Gasteiger partial charge in [0.05, 0.1) is 0 Å². The Balaban J connectivity index is 2.53. The van der Waals surface area contributed by atoms with Gasteiger partial charge in [-0.3, -0.25) is 4.79 Å². The SMILES string of the molecule is CCN(Cc1cccc(C)c1)C(=O)CCCNC. The van der Waals surface area contributed by atoms with E-state index in [1.54, 1.807) is 0 Å². The standard InChI is InChI=1S/C15H24N2O/c1-4-17(15(18)9-6-10-16-3)12-14-8-5-7-13(2)11-14/h5,7-8,11,16H,4,6,9-10,12H2,1-3H3. The lowest BCUT2D eigenvalue weighted by Gasteiger charge is -2.21. The molecule has 1 amide bonds. The highest BCUT2D eigenvalue weighted by Gasteiger charge is 2.11. The van der Waals surface area contributed by atoms with Crippen LogP contribution in [0.25, 0.3) is 0 Å². The van der Waals surface area contributed by atoms with Gasteiger partial charge in [-0.1, -0.05) is 29.8 Å². The van der Waals surface area contributed by atoms with Gasteiger partial charge in [0.2, 0.25) is 5.91 Å². The van der Waals surface area contributed by atoms with Crippen LogP contribution in [0.2, 0.25) is 0 Å². The highest BCUT2D eigenvalue weighted by molar-refractivity contribution is 5.76. The Morgan fingerprint density at radius 2 is 2.17 bits per heavy atom. The summed E-state index contributed by atoms with van der Waals surface area (Å²) in [5.41, 5.74) is 2.45. The van der Waals surface area contributed by atoms with Crippen LogP contribution in [0.3, 0.4) is 0 Å². The minimum Gasteiger partial charge on any atom is -0.339 e. The number of nitrogens with one attached hydrogen (secondary N) is 1. The number of hydrogen-bond donors (Lipinski definition) is 1. The van der Waals surface area contributed by atoms with Crippen molar-refractivity contribution in [3.63, 3.8) is 0 Å². The molecule has 1 rings (SSSR count). The highest BCUT2D eigenvalue weighted by Crippen LogP contribution is 2.09. The number of benzene rings is 1. The quantitative estimate of drug-likeness (QED) is 0.751. The second kappa shape index (κ2) is 7.88. The molecule has 3 heteroatoms. The minimum absolute atomic E-state index is 0.245. The van der Waals surface area contributed by atoms with Crippen molar-refractivity contribution >= 4 is 5.91 Å². The molecule has 0 atom stereocenters. The fraction of sp³-hybridized carbons (Fsp3) is 0.533. The van der Waals surface area contributed by atoms with Crippen LogP contribution < -0.4 is 5.32 Å². The molecule has 0 aliphatic heterocycles. The molecule has 1 N–H and O–H groups in total. The summed E-state index contributed by atoms with van der Waals surface area (Å²) in [5, 5.41) is 3.07. The van der Waals surface area contributed by atoms with Crippen LogP contribution in [-0.2, 0) is 11.3 Å². The second-order valence-electron chi connectivity index (χ2n) is 4.60.